The number of nitrogens with zero attached hydrogens (tertiary/aromatic N) is 2. The SMILES string of the molecule is CCOC(=O)[C@@H]1CCCC[C@@H]1NC(=O)c1ccc(-n2nc(-c3cccc(Cl)c3)cc2N)cc1. The highest BCUT2D eigenvalue weighted by Gasteiger charge is 2.33. The van der Waals surface area contributed by atoms with E-state index in [1.807, 2.05) is 18.2 Å². The molecule has 3 N–H and O–H groups in total. The van der Waals surface area contributed by atoms with Crippen LogP contribution in [0.3, 0.4) is 0 Å². The molecule has 0 bridgehead atoms. The number of nitrogens with two attached hydrogens (primary N) is 1. The molecule has 33 heavy (non-hydrogen) atoms. The van der Waals surface area contributed by atoms with Crippen molar-refractivity contribution < 1.29 is 14.3 Å². The summed E-state index contributed by atoms with van der Waals surface area (Å²) in [6, 6.07) is 16.0. The Hall–Kier alpha value is -3.32. The van der Waals surface area contributed by atoms with Gasteiger partial charge in [-0.25, -0.2) is 4.68 Å². The van der Waals surface area contributed by atoms with E-state index < -0.39 is 0 Å². The Balaban J connectivity index is 1.48. The van der Waals surface area contributed by atoms with Crippen molar-refractivity contribution in [3.05, 3.63) is 65.2 Å². The van der Waals surface area contributed by atoms with Crippen LogP contribution in [0.1, 0.15) is 43.0 Å². The first-order valence-electron chi connectivity index (χ1n) is 11.2. The molecule has 1 saturated carbocycles. The van der Waals surface area contributed by atoms with Gasteiger partial charge in [0.2, 0.25) is 0 Å². The van der Waals surface area contributed by atoms with Gasteiger partial charge in [-0.15, -0.1) is 0 Å². The summed E-state index contributed by atoms with van der Waals surface area (Å²) < 4.78 is 6.82. The minimum absolute atomic E-state index is 0.212. The van der Waals surface area contributed by atoms with Gasteiger partial charge in [-0.05, 0) is 56.2 Å². The van der Waals surface area contributed by atoms with Crippen molar-refractivity contribution in [3.8, 4) is 16.9 Å². The number of nitrogens with one attached hydrogen (secondary N) is 1. The quantitative estimate of drug-likeness (QED) is 0.516. The average molecular weight is 467 g/mol. The molecule has 2 aromatic carbocycles. The van der Waals surface area contributed by atoms with Crippen molar-refractivity contribution in [2.75, 3.05) is 12.3 Å². The van der Waals surface area contributed by atoms with Gasteiger partial charge in [-0.1, -0.05) is 36.6 Å². The summed E-state index contributed by atoms with van der Waals surface area (Å²) in [4.78, 5) is 25.1. The third-order valence-electron chi connectivity index (χ3n) is 5.90. The first-order valence-corrected chi connectivity index (χ1v) is 11.5. The summed E-state index contributed by atoms with van der Waals surface area (Å²) in [5.41, 5.74) is 9.00. The Bertz CT molecular complexity index is 1140. The normalized spacial score (nSPS) is 18.0. The number of anilines is 1. The number of hydrogen-bond acceptors (Lipinski definition) is 5. The van der Waals surface area contributed by atoms with Crippen molar-refractivity contribution in [2.24, 2.45) is 5.92 Å². The molecule has 172 valence electrons. The van der Waals surface area contributed by atoms with Crippen molar-refractivity contribution >= 4 is 29.3 Å². The number of carbonyl (C=O) groups excluding carboxylic acids is 2. The topological polar surface area (TPSA) is 99.2 Å². The van der Waals surface area contributed by atoms with E-state index in [0.717, 1.165) is 36.9 Å². The molecule has 2 atom stereocenters. The number of hydrogen-bond donors (Lipinski definition) is 2. The van der Waals surface area contributed by atoms with Gasteiger partial charge >= 0.3 is 5.97 Å². The highest BCUT2D eigenvalue weighted by molar-refractivity contribution is 6.30. The van der Waals surface area contributed by atoms with Crippen LogP contribution in [0, 0.1) is 5.92 Å². The lowest BCUT2D eigenvalue weighted by molar-refractivity contribution is -0.150. The lowest BCUT2D eigenvalue weighted by Gasteiger charge is -2.30. The number of halogens is 1. The van der Waals surface area contributed by atoms with Crippen molar-refractivity contribution in [3.63, 3.8) is 0 Å². The van der Waals surface area contributed by atoms with E-state index in [9.17, 15) is 9.59 Å². The molecule has 0 radical (unpaired) electrons. The van der Waals surface area contributed by atoms with E-state index in [-0.39, 0.29) is 23.8 Å². The van der Waals surface area contributed by atoms with Gasteiger partial charge in [0.15, 0.2) is 0 Å². The Morgan fingerprint density at radius 3 is 2.64 bits per heavy atom. The Morgan fingerprint density at radius 1 is 1.15 bits per heavy atom. The lowest BCUT2D eigenvalue weighted by atomic mass is 9.84. The van der Waals surface area contributed by atoms with Crippen LogP contribution < -0.4 is 11.1 Å². The molecule has 0 spiro atoms. The molecule has 3 aromatic rings. The van der Waals surface area contributed by atoms with Gasteiger partial charge < -0.3 is 15.8 Å². The predicted octanol–water partition coefficient (Wildman–Crippen LogP) is 4.63. The fraction of sp³-hybridized carbons (Fsp3) is 0.320. The number of carbonyl (C=O) groups is 2. The van der Waals surface area contributed by atoms with Crippen LogP contribution in [0.2, 0.25) is 5.02 Å². The average Bonchev–Trinajstić information content (AvgIpc) is 3.21. The molecule has 8 heteroatoms. The molecule has 1 aliphatic rings. The first kappa shape index (κ1) is 22.9. The summed E-state index contributed by atoms with van der Waals surface area (Å²) in [7, 11) is 0. The zero-order valence-corrected chi connectivity index (χ0v) is 19.2. The molecule has 0 saturated heterocycles. The zero-order chi connectivity index (χ0) is 23.4. The van der Waals surface area contributed by atoms with Crippen LogP contribution >= 0.6 is 11.6 Å². The molecule has 7 nitrogen and oxygen atoms in total. The molecule has 1 fully saturated rings. The van der Waals surface area contributed by atoms with Crippen LogP contribution in [0.25, 0.3) is 16.9 Å². The van der Waals surface area contributed by atoms with E-state index in [2.05, 4.69) is 10.4 Å². The third-order valence-corrected chi connectivity index (χ3v) is 6.14. The number of ether oxygens (including phenoxy) is 1. The Kier molecular flexibility index (Phi) is 6.99. The summed E-state index contributed by atoms with van der Waals surface area (Å²) in [5, 5.41) is 8.24. The fourth-order valence-electron chi connectivity index (χ4n) is 4.23. The minimum atomic E-state index is -0.296. The molecular weight excluding hydrogens is 440 g/mol. The standard InChI is InChI=1S/C25H27ClN4O3/c1-2-33-25(32)20-8-3-4-9-21(20)28-24(31)16-10-12-19(13-11-16)30-23(27)15-22(29-30)17-6-5-7-18(26)14-17/h5-7,10-15,20-21H,2-4,8-9,27H2,1H3,(H,28,31)/t20-,21+/m1/s1. The lowest BCUT2D eigenvalue weighted by Crippen LogP contribution is -2.45. The minimum Gasteiger partial charge on any atom is -0.466 e. The maximum atomic E-state index is 12.9. The zero-order valence-electron chi connectivity index (χ0n) is 18.5. The maximum absolute atomic E-state index is 12.9. The van der Waals surface area contributed by atoms with Crippen LogP contribution in [0.15, 0.2) is 54.6 Å². The number of amides is 1. The first-order chi connectivity index (χ1) is 16.0. The van der Waals surface area contributed by atoms with Crippen LogP contribution in [0.5, 0.6) is 0 Å². The van der Waals surface area contributed by atoms with Gasteiger partial charge in [-0.3, -0.25) is 9.59 Å². The smallest absolute Gasteiger partial charge is 0.311 e. The van der Waals surface area contributed by atoms with Gasteiger partial charge in [0.1, 0.15) is 5.82 Å². The van der Waals surface area contributed by atoms with Crippen molar-refractivity contribution in [2.45, 2.75) is 38.6 Å². The molecule has 0 aliphatic heterocycles. The second-order valence-electron chi connectivity index (χ2n) is 8.15. The molecule has 4 rings (SSSR count). The van der Waals surface area contributed by atoms with Crippen LogP contribution in [-0.4, -0.2) is 34.3 Å². The summed E-state index contributed by atoms with van der Waals surface area (Å²) in [6.45, 7) is 2.13. The summed E-state index contributed by atoms with van der Waals surface area (Å²) in [5.74, 6) is -0.268. The molecule has 1 aliphatic carbocycles. The molecule has 0 unspecified atom stereocenters. The van der Waals surface area contributed by atoms with E-state index >= 15 is 0 Å². The van der Waals surface area contributed by atoms with Crippen molar-refractivity contribution in [1.29, 1.82) is 0 Å². The second kappa shape index (κ2) is 10.1. The van der Waals surface area contributed by atoms with Gasteiger partial charge in [-0.2, -0.15) is 5.10 Å². The predicted molar refractivity (Wildman–Crippen MR) is 128 cm³/mol. The van der Waals surface area contributed by atoms with E-state index in [1.165, 1.54) is 0 Å². The van der Waals surface area contributed by atoms with Gasteiger partial charge in [0.05, 0.1) is 23.9 Å². The summed E-state index contributed by atoms with van der Waals surface area (Å²) >= 11 is 6.09. The summed E-state index contributed by atoms with van der Waals surface area (Å²) in [6.07, 6.45) is 3.44. The maximum Gasteiger partial charge on any atom is 0.311 e. The molecule has 1 heterocycles. The van der Waals surface area contributed by atoms with Crippen LogP contribution in [-0.2, 0) is 9.53 Å². The Morgan fingerprint density at radius 2 is 1.91 bits per heavy atom. The van der Waals surface area contributed by atoms with Crippen molar-refractivity contribution in [1.82, 2.24) is 15.1 Å². The number of rotatable bonds is 6. The number of benzene rings is 2. The van der Waals surface area contributed by atoms with Gasteiger partial charge in [0, 0.05) is 28.3 Å². The largest absolute Gasteiger partial charge is 0.466 e. The highest BCUT2D eigenvalue weighted by Crippen LogP contribution is 2.27. The van der Waals surface area contributed by atoms with E-state index in [1.54, 1.807) is 48.0 Å². The molecule has 1 amide bonds. The van der Waals surface area contributed by atoms with E-state index in [0.29, 0.717) is 28.7 Å². The monoisotopic (exact) mass is 466 g/mol. The molecule has 1 aromatic heterocycles. The van der Waals surface area contributed by atoms with Gasteiger partial charge in [0.25, 0.3) is 5.91 Å². The number of esters is 1. The molecular formula is C25H27ClN4O3. The third kappa shape index (κ3) is 5.20. The van der Waals surface area contributed by atoms with Crippen LogP contribution in [0.4, 0.5) is 5.82 Å². The second-order valence-corrected chi connectivity index (χ2v) is 8.58. The number of aromatic nitrogens is 2. The Labute approximate surface area is 197 Å². The highest BCUT2D eigenvalue weighted by atomic mass is 35.5. The fourth-order valence-corrected chi connectivity index (χ4v) is 4.42. The van der Waals surface area contributed by atoms with E-state index in [4.69, 9.17) is 22.1 Å². The number of nitrogen functional groups attached to an aromatic ring is 1.